The maximum absolute atomic E-state index is 11.9. The molecular formula is C17H15NO4. The monoisotopic (exact) mass is 297 g/mol. The summed E-state index contributed by atoms with van der Waals surface area (Å²) < 4.78 is 10.5. The molecule has 5 heteroatoms. The second-order valence-electron chi connectivity index (χ2n) is 4.90. The average molecular weight is 297 g/mol. The lowest BCUT2D eigenvalue weighted by molar-refractivity contribution is -0.141. The van der Waals surface area contributed by atoms with E-state index in [0.717, 1.165) is 11.1 Å². The minimum absolute atomic E-state index is 0.214. The topological polar surface area (TPSA) is 68.7 Å². The number of ether oxygens (including phenoxy) is 2. The van der Waals surface area contributed by atoms with E-state index in [2.05, 4.69) is 4.98 Å². The van der Waals surface area contributed by atoms with Gasteiger partial charge < -0.3 is 14.6 Å². The van der Waals surface area contributed by atoms with Gasteiger partial charge in [-0.15, -0.1) is 0 Å². The number of rotatable bonds is 2. The van der Waals surface area contributed by atoms with Crippen LogP contribution in [-0.2, 0) is 20.7 Å². The van der Waals surface area contributed by atoms with E-state index >= 15 is 0 Å². The molecule has 1 N–H and O–H groups in total. The van der Waals surface area contributed by atoms with Crippen molar-refractivity contribution in [3.05, 3.63) is 71.2 Å². The number of aliphatic hydroxyl groups excluding tert-OH is 1. The number of hydrogen-bond donors (Lipinski definition) is 1. The SMILES string of the molecule is COC(=O)C1=C(O)c2ncccc2CC(c2ccccc2)O1. The molecule has 0 saturated carbocycles. The minimum atomic E-state index is -0.725. The number of carbonyl (C=O) groups excluding carboxylic acids is 1. The minimum Gasteiger partial charge on any atom is -0.503 e. The predicted molar refractivity (Wildman–Crippen MR) is 79.8 cm³/mol. The molecule has 112 valence electrons. The zero-order valence-electron chi connectivity index (χ0n) is 12.0. The summed E-state index contributed by atoms with van der Waals surface area (Å²) in [5, 5.41) is 10.4. The van der Waals surface area contributed by atoms with E-state index in [1.807, 2.05) is 36.4 Å². The zero-order chi connectivity index (χ0) is 15.5. The first-order chi connectivity index (χ1) is 10.7. The third-order valence-electron chi connectivity index (χ3n) is 3.54. The zero-order valence-corrected chi connectivity index (χ0v) is 12.0. The summed E-state index contributed by atoms with van der Waals surface area (Å²) in [6.07, 6.45) is 1.66. The quantitative estimate of drug-likeness (QED) is 0.863. The van der Waals surface area contributed by atoms with Crippen LogP contribution in [0.3, 0.4) is 0 Å². The Morgan fingerprint density at radius 2 is 2.05 bits per heavy atom. The van der Waals surface area contributed by atoms with Crippen molar-refractivity contribution in [2.75, 3.05) is 7.11 Å². The number of hydrogen-bond acceptors (Lipinski definition) is 5. The van der Waals surface area contributed by atoms with Gasteiger partial charge in [0.05, 0.1) is 7.11 Å². The lowest BCUT2D eigenvalue weighted by atomic mass is 10.0. The van der Waals surface area contributed by atoms with Crippen LogP contribution in [0.4, 0.5) is 0 Å². The number of carbonyl (C=O) groups is 1. The Hall–Kier alpha value is -2.82. The molecule has 1 aliphatic heterocycles. The molecule has 1 aromatic carbocycles. The third kappa shape index (κ3) is 2.53. The number of aromatic nitrogens is 1. The van der Waals surface area contributed by atoms with Crippen LogP contribution >= 0.6 is 0 Å². The molecule has 0 fully saturated rings. The molecule has 0 saturated heterocycles. The molecule has 1 aliphatic rings. The molecule has 0 radical (unpaired) electrons. The molecule has 1 aromatic heterocycles. The van der Waals surface area contributed by atoms with Crippen molar-refractivity contribution >= 4 is 11.7 Å². The number of pyridine rings is 1. The highest BCUT2D eigenvalue weighted by Gasteiger charge is 2.30. The Kier molecular flexibility index (Phi) is 3.78. The number of fused-ring (bicyclic) bond motifs is 1. The average Bonchev–Trinajstić information content (AvgIpc) is 2.72. The van der Waals surface area contributed by atoms with Crippen molar-refractivity contribution in [2.45, 2.75) is 12.5 Å². The van der Waals surface area contributed by atoms with Gasteiger partial charge in [-0.05, 0) is 17.2 Å². The highest BCUT2D eigenvalue weighted by atomic mass is 16.6. The number of nitrogens with zero attached hydrogens (tertiary/aromatic N) is 1. The lowest BCUT2D eigenvalue weighted by Gasteiger charge is -2.18. The second-order valence-corrected chi connectivity index (χ2v) is 4.90. The predicted octanol–water partition coefficient (Wildman–Crippen LogP) is 2.80. The fourth-order valence-corrected chi connectivity index (χ4v) is 2.45. The van der Waals surface area contributed by atoms with Gasteiger partial charge in [-0.1, -0.05) is 36.4 Å². The van der Waals surface area contributed by atoms with Crippen molar-refractivity contribution in [1.29, 1.82) is 0 Å². The van der Waals surface area contributed by atoms with Crippen LogP contribution in [0.1, 0.15) is 22.9 Å². The van der Waals surface area contributed by atoms with E-state index in [9.17, 15) is 9.90 Å². The van der Waals surface area contributed by atoms with Gasteiger partial charge in [-0.2, -0.15) is 0 Å². The van der Waals surface area contributed by atoms with Crippen LogP contribution < -0.4 is 0 Å². The molecule has 1 atom stereocenters. The second kappa shape index (κ2) is 5.89. The van der Waals surface area contributed by atoms with E-state index in [-0.39, 0.29) is 11.5 Å². The van der Waals surface area contributed by atoms with Gasteiger partial charge in [0.25, 0.3) is 0 Å². The van der Waals surface area contributed by atoms with Gasteiger partial charge in [-0.3, -0.25) is 4.98 Å². The van der Waals surface area contributed by atoms with Crippen LogP contribution in [0.25, 0.3) is 5.76 Å². The first-order valence-corrected chi connectivity index (χ1v) is 6.88. The molecule has 0 spiro atoms. The molecule has 22 heavy (non-hydrogen) atoms. The van der Waals surface area contributed by atoms with Crippen molar-refractivity contribution in [2.24, 2.45) is 0 Å². The molecule has 2 aromatic rings. The highest BCUT2D eigenvalue weighted by molar-refractivity contribution is 5.93. The fourth-order valence-electron chi connectivity index (χ4n) is 2.45. The number of aliphatic hydroxyl groups is 1. The summed E-state index contributed by atoms with van der Waals surface area (Å²) >= 11 is 0. The maximum Gasteiger partial charge on any atom is 0.377 e. The van der Waals surface area contributed by atoms with Crippen LogP contribution in [-0.4, -0.2) is 23.2 Å². The number of methoxy groups -OCH3 is 1. The van der Waals surface area contributed by atoms with Crippen molar-refractivity contribution in [1.82, 2.24) is 4.98 Å². The summed E-state index contributed by atoms with van der Waals surface area (Å²) in [7, 11) is 1.24. The normalized spacial score (nSPS) is 17.2. The van der Waals surface area contributed by atoms with Gasteiger partial charge >= 0.3 is 5.97 Å². The largest absolute Gasteiger partial charge is 0.503 e. The van der Waals surface area contributed by atoms with Gasteiger partial charge in [0.2, 0.25) is 5.76 Å². The third-order valence-corrected chi connectivity index (χ3v) is 3.54. The summed E-state index contributed by atoms with van der Waals surface area (Å²) in [6, 6.07) is 13.2. The first kappa shape index (κ1) is 14.1. The molecular weight excluding hydrogens is 282 g/mol. The molecule has 0 aliphatic carbocycles. The molecule has 1 unspecified atom stereocenters. The first-order valence-electron chi connectivity index (χ1n) is 6.88. The summed E-state index contributed by atoms with van der Waals surface area (Å²) in [6.45, 7) is 0. The number of benzene rings is 1. The van der Waals surface area contributed by atoms with Crippen LogP contribution in [0.2, 0.25) is 0 Å². The van der Waals surface area contributed by atoms with Crippen molar-refractivity contribution < 1.29 is 19.4 Å². The van der Waals surface area contributed by atoms with Gasteiger partial charge in [0, 0.05) is 12.6 Å². The van der Waals surface area contributed by atoms with Crippen molar-refractivity contribution in [3.8, 4) is 0 Å². The van der Waals surface area contributed by atoms with E-state index in [0.29, 0.717) is 12.1 Å². The Balaban J connectivity index is 2.11. The van der Waals surface area contributed by atoms with Gasteiger partial charge in [0.15, 0.2) is 5.76 Å². The van der Waals surface area contributed by atoms with E-state index in [1.54, 1.807) is 12.3 Å². The van der Waals surface area contributed by atoms with Crippen LogP contribution in [0.15, 0.2) is 54.4 Å². The molecule has 0 bridgehead atoms. The lowest BCUT2D eigenvalue weighted by Crippen LogP contribution is -2.13. The summed E-state index contributed by atoms with van der Waals surface area (Å²) in [4.78, 5) is 16.1. The Morgan fingerprint density at radius 3 is 2.77 bits per heavy atom. The Morgan fingerprint density at radius 1 is 1.27 bits per heavy atom. The maximum atomic E-state index is 11.9. The highest BCUT2D eigenvalue weighted by Crippen LogP contribution is 2.33. The number of esters is 1. The van der Waals surface area contributed by atoms with E-state index < -0.39 is 12.1 Å². The summed E-state index contributed by atoms with van der Waals surface area (Å²) in [5.74, 6) is -1.23. The smallest absolute Gasteiger partial charge is 0.377 e. The van der Waals surface area contributed by atoms with Gasteiger partial charge in [0.1, 0.15) is 11.8 Å². The standard InChI is InChI=1S/C17H15NO4/c1-21-17(20)16-15(19)14-12(8-5-9-18-14)10-13(22-16)11-6-3-2-4-7-11/h2-9,13,19H,10H2,1H3. The van der Waals surface area contributed by atoms with Crippen molar-refractivity contribution in [3.63, 3.8) is 0 Å². The molecule has 0 amide bonds. The van der Waals surface area contributed by atoms with E-state index in [1.165, 1.54) is 7.11 Å². The fraction of sp³-hybridized carbons (Fsp3) is 0.176. The Bertz CT molecular complexity index is 724. The van der Waals surface area contributed by atoms with Gasteiger partial charge in [-0.25, -0.2) is 4.79 Å². The summed E-state index contributed by atoms with van der Waals surface area (Å²) in [5.41, 5.74) is 2.07. The molecule has 3 rings (SSSR count). The molecule has 5 nitrogen and oxygen atoms in total. The van der Waals surface area contributed by atoms with E-state index in [4.69, 9.17) is 9.47 Å². The Labute approximate surface area is 127 Å². The van der Waals surface area contributed by atoms with Crippen LogP contribution in [0, 0.1) is 0 Å². The molecule has 2 heterocycles. The van der Waals surface area contributed by atoms with Crippen LogP contribution in [0.5, 0.6) is 0 Å².